The molecule has 2 atom stereocenters. The third-order valence-electron chi connectivity index (χ3n) is 7.88. The molecule has 2 bridgehead atoms. The van der Waals surface area contributed by atoms with Crippen LogP contribution in [0.25, 0.3) is 27.7 Å². The molecule has 3 aromatic heterocycles. The van der Waals surface area contributed by atoms with Crippen LogP contribution in [0, 0.1) is 0 Å². The highest BCUT2D eigenvalue weighted by molar-refractivity contribution is 5.95. The second kappa shape index (κ2) is 5.67. The Balaban J connectivity index is 1.75. The molecule has 0 amide bonds. The van der Waals surface area contributed by atoms with Gasteiger partial charge in [-0.3, -0.25) is 4.40 Å². The molecule has 0 spiro atoms. The minimum Gasteiger partial charge on any atom is -0.279 e. The Morgan fingerprint density at radius 3 is 2.12 bits per heavy atom. The Kier molecular flexibility index (Phi) is 3.56. The van der Waals surface area contributed by atoms with Crippen molar-refractivity contribution in [2.24, 2.45) is 0 Å². The molecule has 2 aliphatic carbocycles. The van der Waals surface area contributed by atoms with Crippen LogP contribution in [-0.4, -0.2) is 24.3 Å². The van der Waals surface area contributed by atoms with Crippen molar-refractivity contribution < 1.29 is 0 Å². The monoisotopic (exact) mass is 427 g/mol. The SMILES string of the molecule is CC(C)(C)c1ncc2c(n1)nc(C(C)(C)C)n1c3cc4c(cc3nc21)C1(C)CCC4(C)C1. The van der Waals surface area contributed by atoms with E-state index >= 15 is 0 Å². The van der Waals surface area contributed by atoms with Crippen molar-refractivity contribution in [3.8, 4) is 0 Å². The van der Waals surface area contributed by atoms with Crippen LogP contribution in [0.5, 0.6) is 0 Å². The van der Waals surface area contributed by atoms with Crippen molar-refractivity contribution in [2.45, 2.75) is 96.3 Å². The maximum absolute atomic E-state index is 5.17. The second-order valence-corrected chi connectivity index (χ2v) is 12.8. The molecule has 5 heteroatoms. The van der Waals surface area contributed by atoms with Crippen molar-refractivity contribution in [3.05, 3.63) is 41.1 Å². The molecular formula is C27H33N5. The summed E-state index contributed by atoms with van der Waals surface area (Å²) in [6, 6.07) is 4.78. The smallest absolute Gasteiger partial charge is 0.168 e. The fraction of sp³-hybridized carbons (Fsp3) is 0.556. The number of nitrogens with zero attached hydrogens (tertiary/aromatic N) is 5. The molecule has 166 valence electrons. The van der Waals surface area contributed by atoms with Crippen molar-refractivity contribution in [1.82, 2.24) is 24.3 Å². The van der Waals surface area contributed by atoms with E-state index in [1.54, 1.807) is 0 Å². The summed E-state index contributed by atoms with van der Waals surface area (Å²) in [4.78, 5) is 19.9. The van der Waals surface area contributed by atoms with E-state index in [9.17, 15) is 0 Å². The third-order valence-corrected chi connectivity index (χ3v) is 7.88. The Hall–Kier alpha value is -2.56. The van der Waals surface area contributed by atoms with Gasteiger partial charge >= 0.3 is 0 Å². The first-order chi connectivity index (χ1) is 14.8. The van der Waals surface area contributed by atoms with Gasteiger partial charge in [-0.25, -0.2) is 19.9 Å². The molecule has 4 aromatic rings. The summed E-state index contributed by atoms with van der Waals surface area (Å²) in [6.07, 6.45) is 5.72. The summed E-state index contributed by atoms with van der Waals surface area (Å²) in [7, 11) is 0. The maximum atomic E-state index is 5.17. The Morgan fingerprint density at radius 2 is 1.50 bits per heavy atom. The van der Waals surface area contributed by atoms with Gasteiger partial charge in [0, 0.05) is 17.0 Å². The minimum absolute atomic E-state index is 0.130. The first-order valence-corrected chi connectivity index (χ1v) is 11.9. The lowest BCUT2D eigenvalue weighted by Crippen LogP contribution is -2.21. The Bertz CT molecular complexity index is 1450. The predicted molar refractivity (Wildman–Crippen MR) is 130 cm³/mol. The van der Waals surface area contributed by atoms with Crippen LogP contribution in [0.1, 0.15) is 97.4 Å². The zero-order valence-electron chi connectivity index (χ0n) is 20.6. The molecule has 3 heterocycles. The van der Waals surface area contributed by atoms with Crippen molar-refractivity contribution in [1.29, 1.82) is 0 Å². The van der Waals surface area contributed by atoms with Crippen LogP contribution < -0.4 is 0 Å². The highest BCUT2D eigenvalue weighted by atomic mass is 15.1. The zero-order chi connectivity index (χ0) is 22.8. The van der Waals surface area contributed by atoms with Gasteiger partial charge in [0.05, 0.1) is 16.4 Å². The number of fused-ring (bicyclic) bond motifs is 10. The summed E-state index contributed by atoms with van der Waals surface area (Å²) < 4.78 is 2.27. The highest BCUT2D eigenvalue weighted by Crippen LogP contribution is 2.61. The van der Waals surface area contributed by atoms with Gasteiger partial charge in [0.15, 0.2) is 11.3 Å². The van der Waals surface area contributed by atoms with Gasteiger partial charge in [0.25, 0.3) is 0 Å². The van der Waals surface area contributed by atoms with Crippen LogP contribution in [0.3, 0.4) is 0 Å². The quantitative estimate of drug-likeness (QED) is 0.338. The first-order valence-electron chi connectivity index (χ1n) is 11.9. The Morgan fingerprint density at radius 1 is 0.844 bits per heavy atom. The molecular weight excluding hydrogens is 394 g/mol. The van der Waals surface area contributed by atoms with E-state index in [1.165, 1.54) is 30.4 Å². The molecule has 0 saturated heterocycles. The fourth-order valence-corrected chi connectivity index (χ4v) is 6.20. The molecule has 1 fully saturated rings. The van der Waals surface area contributed by atoms with E-state index < -0.39 is 0 Å². The van der Waals surface area contributed by atoms with Crippen molar-refractivity contribution >= 4 is 27.7 Å². The average molecular weight is 428 g/mol. The van der Waals surface area contributed by atoms with Crippen molar-refractivity contribution in [3.63, 3.8) is 0 Å². The number of aromatic nitrogens is 5. The summed E-state index contributed by atoms with van der Waals surface area (Å²) in [6.45, 7) is 17.9. The average Bonchev–Trinajstić information content (AvgIpc) is 3.29. The molecule has 0 N–H and O–H groups in total. The third kappa shape index (κ3) is 2.51. The minimum atomic E-state index is -0.152. The molecule has 0 radical (unpaired) electrons. The van der Waals surface area contributed by atoms with Gasteiger partial charge in [-0.1, -0.05) is 55.4 Å². The van der Waals surface area contributed by atoms with E-state index in [2.05, 4.69) is 71.9 Å². The van der Waals surface area contributed by atoms with Gasteiger partial charge in [-0.05, 0) is 53.4 Å². The molecule has 6 rings (SSSR count). The highest BCUT2D eigenvalue weighted by Gasteiger charge is 2.53. The van der Waals surface area contributed by atoms with Crippen LogP contribution in [0.4, 0.5) is 0 Å². The lowest BCUT2D eigenvalue weighted by molar-refractivity contribution is 0.484. The van der Waals surface area contributed by atoms with Crippen LogP contribution in [0.2, 0.25) is 0 Å². The van der Waals surface area contributed by atoms with Gasteiger partial charge in [0.1, 0.15) is 11.6 Å². The zero-order valence-corrected chi connectivity index (χ0v) is 20.6. The lowest BCUT2D eigenvalue weighted by Gasteiger charge is -2.27. The molecule has 2 aliphatic rings. The van der Waals surface area contributed by atoms with E-state index in [0.29, 0.717) is 0 Å². The standard InChI is InChI=1S/C27H33N5/c1-24(2,3)22-28-13-15-20(30-22)31-23(25(4,5)6)32-19-12-17-16(11-18(19)29-21(15)32)26(7)9-10-27(17,8)14-26/h11-13H,9-10,14H2,1-8H3. The summed E-state index contributed by atoms with van der Waals surface area (Å²) in [5.74, 6) is 1.81. The normalized spacial score (nSPS) is 25.4. The lowest BCUT2D eigenvalue weighted by atomic mass is 9.78. The summed E-state index contributed by atoms with van der Waals surface area (Å²) in [5, 5.41) is 0.919. The van der Waals surface area contributed by atoms with Crippen LogP contribution >= 0.6 is 0 Å². The van der Waals surface area contributed by atoms with E-state index in [0.717, 1.165) is 39.4 Å². The maximum Gasteiger partial charge on any atom is 0.168 e. The van der Waals surface area contributed by atoms with Crippen LogP contribution in [0.15, 0.2) is 18.3 Å². The van der Waals surface area contributed by atoms with Gasteiger partial charge in [-0.2, -0.15) is 0 Å². The Labute approximate surface area is 189 Å². The predicted octanol–water partition coefficient (Wildman–Crippen LogP) is 6.13. The largest absolute Gasteiger partial charge is 0.279 e. The number of benzene rings is 1. The molecule has 5 nitrogen and oxygen atoms in total. The van der Waals surface area contributed by atoms with Crippen LogP contribution in [-0.2, 0) is 21.7 Å². The number of hydrogen-bond donors (Lipinski definition) is 0. The topological polar surface area (TPSA) is 56.0 Å². The second-order valence-electron chi connectivity index (χ2n) is 12.8. The van der Waals surface area contributed by atoms with E-state index in [-0.39, 0.29) is 21.7 Å². The first kappa shape index (κ1) is 20.1. The van der Waals surface area contributed by atoms with Gasteiger partial charge < -0.3 is 0 Å². The number of hydrogen-bond acceptors (Lipinski definition) is 4. The molecule has 2 unspecified atom stereocenters. The van der Waals surface area contributed by atoms with Gasteiger partial charge in [0.2, 0.25) is 0 Å². The fourth-order valence-electron chi connectivity index (χ4n) is 6.20. The molecule has 32 heavy (non-hydrogen) atoms. The molecule has 1 saturated carbocycles. The van der Waals surface area contributed by atoms with E-state index in [1.807, 2.05) is 6.20 Å². The number of imidazole rings is 1. The summed E-state index contributed by atoms with van der Waals surface area (Å²) in [5.41, 5.74) is 7.17. The van der Waals surface area contributed by atoms with E-state index in [4.69, 9.17) is 19.9 Å². The number of rotatable bonds is 0. The molecule has 0 aliphatic heterocycles. The van der Waals surface area contributed by atoms with Crippen molar-refractivity contribution in [2.75, 3.05) is 0 Å². The molecule has 1 aromatic carbocycles. The van der Waals surface area contributed by atoms with Gasteiger partial charge in [-0.15, -0.1) is 0 Å². The summed E-state index contributed by atoms with van der Waals surface area (Å²) >= 11 is 0.